The van der Waals surface area contributed by atoms with Gasteiger partial charge in [0.25, 0.3) is 0 Å². The average Bonchev–Trinajstić information content (AvgIpc) is 2.83. The first-order valence-electron chi connectivity index (χ1n) is 13.8. The van der Waals surface area contributed by atoms with Crippen molar-refractivity contribution in [3.63, 3.8) is 0 Å². The number of quaternary nitrogens is 1. The number of nitrogens with zero attached hydrogens (tertiary/aromatic N) is 1. The molecule has 0 saturated heterocycles. The Kier molecular flexibility index (Phi) is 21.2. The zero-order chi connectivity index (χ0) is 25.7. The van der Waals surface area contributed by atoms with E-state index in [1.807, 2.05) is 20.8 Å². The van der Waals surface area contributed by atoms with Crippen LogP contribution in [0, 0.1) is 5.92 Å². The smallest absolute Gasteiger partial charge is 0.320 e. The summed E-state index contributed by atoms with van der Waals surface area (Å²) in [5.74, 6) is -1.64. The zero-order valence-electron chi connectivity index (χ0n) is 22.4. The van der Waals surface area contributed by atoms with Gasteiger partial charge in [-0.1, -0.05) is 85.0 Å². The highest BCUT2D eigenvalue weighted by atomic mass is 32.1. The van der Waals surface area contributed by atoms with Crippen LogP contribution in [0.15, 0.2) is 0 Å². The Morgan fingerprint density at radius 1 is 0.735 bits per heavy atom. The third kappa shape index (κ3) is 15.4. The lowest BCUT2D eigenvalue weighted by molar-refractivity contribution is -0.692. The van der Waals surface area contributed by atoms with Crippen molar-refractivity contribution in [3.05, 3.63) is 0 Å². The molecule has 0 heterocycles. The Hall–Kier alpha value is -0.660. The first-order chi connectivity index (χ1) is 16.4. The van der Waals surface area contributed by atoms with E-state index >= 15 is 0 Å². The summed E-state index contributed by atoms with van der Waals surface area (Å²) >= 11 is 10.7. The Balaban J connectivity index is 4.80. The van der Waals surface area contributed by atoms with E-state index in [1.165, 1.54) is 51.4 Å². The summed E-state index contributed by atoms with van der Waals surface area (Å²) in [7, 11) is 0. The second kappa shape index (κ2) is 21.6. The lowest BCUT2D eigenvalue weighted by Gasteiger charge is -2.33. The van der Waals surface area contributed by atoms with Crippen molar-refractivity contribution in [3.8, 4) is 0 Å². The molecule has 0 aromatic carbocycles. The molecule has 7 heteroatoms. The topological polar surface area (TPSA) is 52.6 Å². The molecule has 5 nitrogen and oxygen atoms in total. The highest BCUT2D eigenvalue weighted by Crippen LogP contribution is 2.25. The fraction of sp³-hybridized carbons (Fsp3) is 0.889. The van der Waals surface area contributed by atoms with Crippen molar-refractivity contribution >= 4 is 42.0 Å². The Bertz CT molecular complexity index is 559. The van der Waals surface area contributed by atoms with Crippen LogP contribution in [0.1, 0.15) is 124 Å². The third-order valence-corrected chi connectivity index (χ3v) is 7.74. The molecule has 0 radical (unpaired) electrons. The predicted octanol–water partition coefficient (Wildman–Crippen LogP) is 7.61. The van der Waals surface area contributed by atoms with Gasteiger partial charge in [-0.25, -0.2) is 3.89 Å². The maximum atomic E-state index is 12.9. The number of hydrogen-bond acceptors (Lipinski definition) is 6. The molecule has 2 atom stereocenters. The molecule has 0 aromatic heterocycles. The van der Waals surface area contributed by atoms with E-state index in [4.69, 9.17) is 34.5 Å². The van der Waals surface area contributed by atoms with Gasteiger partial charge in [-0.15, -0.1) is 0 Å². The van der Waals surface area contributed by atoms with E-state index < -0.39 is 17.9 Å². The summed E-state index contributed by atoms with van der Waals surface area (Å²) < 4.78 is 11.0. The molecule has 34 heavy (non-hydrogen) atoms. The minimum Gasteiger partial charge on any atom is -0.466 e. The van der Waals surface area contributed by atoms with Crippen molar-refractivity contribution in [2.45, 2.75) is 124 Å². The maximum Gasteiger partial charge on any atom is 0.320 e. The number of unbranched alkanes of at least 4 members (excludes halogenated alkanes) is 11. The van der Waals surface area contributed by atoms with E-state index in [-0.39, 0.29) is 10.3 Å². The van der Waals surface area contributed by atoms with Gasteiger partial charge in [0.15, 0.2) is 5.92 Å². The summed E-state index contributed by atoms with van der Waals surface area (Å²) in [6.45, 7) is 10.5. The minimum absolute atomic E-state index is 0.0773. The summed E-state index contributed by atoms with van der Waals surface area (Å²) in [5, 5.41) is 0. The lowest BCUT2D eigenvalue weighted by atomic mass is 10.0. The first kappa shape index (κ1) is 33.3. The third-order valence-electron chi connectivity index (χ3n) is 6.27. The van der Waals surface area contributed by atoms with Crippen LogP contribution < -0.4 is 0 Å². The number of hydrogen-bond donors (Lipinski definition) is 1. The molecule has 0 rings (SSSR count). The number of thiol groups is 1. The highest BCUT2D eigenvalue weighted by molar-refractivity contribution is 7.82. The molecule has 0 aliphatic heterocycles. The fourth-order valence-corrected chi connectivity index (χ4v) is 4.50. The highest BCUT2D eigenvalue weighted by Gasteiger charge is 2.40. The number of thiocarbonyl (C=S) groups is 1. The van der Waals surface area contributed by atoms with Gasteiger partial charge in [0.2, 0.25) is 4.99 Å². The molecule has 0 saturated carbocycles. The fourth-order valence-electron chi connectivity index (χ4n) is 3.82. The van der Waals surface area contributed by atoms with Gasteiger partial charge < -0.3 is 9.47 Å². The van der Waals surface area contributed by atoms with Crippen LogP contribution >= 0.6 is 25.0 Å². The summed E-state index contributed by atoms with van der Waals surface area (Å²) in [6.07, 6.45) is 16.0. The number of carbonyl (C=O) groups excluding carboxylic acids is 2. The molecule has 0 fully saturated rings. The van der Waals surface area contributed by atoms with E-state index in [0.717, 1.165) is 45.1 Å². The molecule has 0 aliphatic rings. The van der Waals surface area contributed by atoms with Crippen molar-refractivity contribution in [1.82, 2.24) is 0 Å². The predicted molar refractivity (Wildman–Crippen MR) is 149 cm³/mol. The van der Waals surface area contributed by atoms with Crippen molar-refractivity contribution < 1.29 is 23.0 Å². The number of rotatable bonds is 22. The van der Waals surface area contributed by atoms with Crippen LogP contribution in [0.3, 0.4) is 0 Å². The van der Waals surface area contributed by atoms with Crippen LogP contribution in [0.5, 0.6) is 0 Å². The van der Waals surface area contributed by atoms with Crippen molar-refractivity contribution in [1.29, 1.82) is 0 Å². The largest absolute Gasteiger partial charge is 0.466 e. The molecule has 0 bridgehead atoms. The first-order valence-corrected chi connectivity index (χ1v) is 14.6. The molecule has 0 aromatic rings. The molecular formula is C27H52NO4S2+. The van der Waals surface area contributed by atoms with Crippen LogP contribution in [0.25, 0.3) is 0 Å². The van der Waals surface area contributed by atoms with Gasteiger partial charge in [-0.05, 0) is 44.8 Å². The van der Waals surface area contributed by atoms with Gasteiger partial charge in [-0.3, -0.25) is 9.59 Å². The molecule has 0 amide bonds. The second-order valence-corrected chi connectivity index (χ2v) is 10.5. The van der Waals surface area contributed by atoms with Gasteiger partial charge in [0, 0.05) is 0 Å². The molecule has 2 unspecified atom stereocenters. The number of esters is 2. The number of ether oxygens (including phenoxy) is 2. The van der Waals surface area contributed by atoms with Crippen molar-refractivity contribution in [2.75, 3.05) is 26.3 Å². The number of carbonyl (C=O) groups is 2. The molecule has 200 valence electrons. The Morgan fingerprint density at radius 2 is 1.21 bits per heavy atom. The minimum atomic E-state index is -0.804. The lowest BCUT2D eigenvalue weighted by Crippen LogP contribution is -2.50. The second-order valence-electron chi connectivity index (χ2n) is 9.33. The van der Waals surface area contributed by atoms with Crippen molar-refractivity contribution in [2.24, 2.45) is 5.92 Å². The quantitative estimate of drug-likeness (QED) is 0.0525. The average molecular weight is 519 g/mol. The zero-order valence-corrected chi connectivity index (χ0v) is 24.2. The van der Waals surface area contributed by atoms with Gasteiger partial charge in [-0.2, -0.15) is 0 Å². The van der Waals surface area contributed by atoms with Crippen LogP contribution in [-0.2, 0) is 19.1 Å². The van der Waals surface area contributed by atoms with Crippen LogP contribution in [-0.4, -0.2) is 47.1 Å². The molecule has 0 N–H and O–H groups in total. The summed E-state index contributed by atoms with van der Waals surface area (Å²) in [6, 6.07) is 0. The summed E-state index contributed by atoms with van der Waals surface area (Å²) in [5.41, 5.74) is 0. The maximum absolute atomic E-state index is 12.9. The van der Waals surface area contributed by atoms with Gasteiger partial charge >= 0.3 is 11.9 Å². The monoisotopic (exact) mass is 518 g/mol. The Labute approximate surface area is 220 Å². The molecule has 0 aliphatic carbocycles. The van der Waals surface area contributed by atoms with E-state index in [1.54, 1.807) is 0 Å². The van der Waals surface area contributed by atoms with Crippen LogP contribution in [0.4, 0.5) is 0 Å². The van der Waals surface area contributed by atoms with E-state index in [9.17, 15) is 9.59 Å². The normalized spacial score (nSPS) is 13.8. The SMILES string of the molecule is CCCCCCCCCCCC[N+](S)(CC)C(=S)C(CC(=O)OCCCC)C(=O)OCCCC. The van der Waals surface area contributed by atoms with E-state index in [0.29, 0.717) is 24.7 Å². The van der Waals surface area contributed by atoms with E-state index in [2.05, 4.69) is 6.92 Å². The summed E-state index contributed by atoms with van der Waals surface area (Å²) in [4.78, 5) is 25.7. The molecular weight excluding hydrogens is 466 g/mol. The Morgan fingerprint density at radius 3 is 1.71 bits per heavy atom. The van der Waals surface area contributed by atoms with Gasteiger partial charge in [0.05, 0.1) is 45.5 Å². The standard InChI is InChI=1S/C27H52NO4S2/c1-5-9-12-13-14-15-16-17-18-19-20-28(34,8-4)26(33)24(27(30)32-22-11-7-3)23-25(29)31-21-10-6-2/h24,34H,5-23H2,1-4H3/q+1. The molecule has 0 spiro atoms. The van der Waals surface area contributed by atoms with Gasteiger partial charge in [0.1, 0.15) is 0 Å². The van der Waals surface area contributed by atoms with Crippen LogP contribution in [0.2, 0.25) is 0 Å².